The number of rotatable bonds is 4. The van der Waals surface area contributed by atoms with Gasteiger partial charge in [0.15, 0.2) is 0 Å². The quantitative estimate of drug-likeness (QED) is 0.199. The first kappa shape index (κ1) is 24.6. The highest BCUT2D eigenvalue weighted by atomic mass is 32.1. The van der Waals surface area contributed by atoms with E-state index in [0.717, 1.165) is 11.4 Å². The molecule has 0 fully saturated rings. The number of hydrogen-bond acceptors (Lipinski definition) is 3. The molecule has 0 spiro atoms. The summed E-state index contributed by atoms with van der Waals surface area (Å²) in [6, 6.07) is 55.3. The predicted molar refractivity (Wildman–Crippen MR) is 190 cm³/mol. The van der Waals surface area contributed by atoms with Crippen LogP contribution in [0.5, 0.6) is 0 Å². The lowest BCUT2D eigenvalue weighted by Gasteiger charge is -2.26. The fraction of sp³-hybridized carbons (Fsp3) is 0. The van der Waals surface area contributed by atoms with Gasteiger partial charge in [0, 0.05) is 47.0 Å². The molecular weight excluding hydrogens is 559 g/mol. The SMILES string of the molecule is c1ccc(N(c2ccc(-c3ccc4c(ccc5sc6ccccc6c54)c3)cc2)c2cccc3c2sc2ccccc23)cc1. The Morgan fingerprint density at radius 1 is 0.395 bits per heavy atom. The van der Waals surface area contributed by atoms with Crippen LogP contribution in [0.25, 0.3) is 62.2 Å². The first-order chi connectivity index (χ1) is 21.3. The maximum Gasteiger partial charge on any atom is 0.0640 e. The Balaban J connectivity index is 1.16. The van der Waals surface area contributed by atoms with Crippen molar-refractivity contribution in [1.82, 2.24) is 0 Å². The maximum absolute atomic E-state index is 2.39. The molecule has 7 aromatic carbocycles. The van der Waals surface area contributed by atoms with Crippen LogP contribution in [0.15, 0.2) is 152 Å². The van der Waals surface area contributed by atoms with Crippen LogP contribution < -0.4 is 4.90 Å². The lowest BCUT2D eigenvalue weighted by atomic mass is 9.98. The van der Waals surface area contributed by atoms with Crippen molar-refractivity contribution >= 4 is 90.9 Å². The van der Waals surface area contributed by atoms with Crippen molar-refractivity contribution in [1.29, 1.82) is 0 Å². The Hall–Kier alpha value is -4.96. The van der Waals surface area contributed by atoms with Gasteiger partial charge in [0.25, 0.3) is 0 Å². The molecule has 9 aromatic rings. The summed E-state index contributed by atoms with van der Waals surface area (Å²) < 4.78 is 5.32. The molecule has 0 N–H and O–H groups in total. The van der Waals surface area contributed by atoms with Gasteiger partial charge in [-0.25, -0.2) is 0 Å². The van der Waals surface area contributed by atoms with Crippen LogP contribution in [0.1, 0.15) is 0 Å². The van der Waals surface area contributed by atoms with Crippen LogP contribution in [0.2, 0.25) is 0 Å². The van der Waals surface area contributed by atoms with E-state index in [1.165, 1.54) is 67.9 Å². The van der Waals surface area contributed by atoms with Crippen LogP contribution in [0.3, 0.4) is 0 Å². The molecule has 202 valence electrons. The molecule has 43 heavy (non-hydrogen) atoms. The number of para-hydroxylation sites is 1. The predicted octanol–water partition coefficient (Wildman–Crippen LogP) is 12.7. The largest absolute Gasteiger partial charge is 0.309 e. The molecule has 0 saturated heterocycles. The van der Waals surface area contributed by atoms with Crippen molar-refractivity contribution in [2.45, 2.75) is 0 Å². The molecule has 0 amide bonds. The number of anilines is 3. The second kappa shape index (κ2) is 9.81. The molecular formula is C40H25NS2. The summed E-state index contributed by atoms with van der Waals surface area (Å²) in [6.07, 6.45) is 0. The minimum Gasteiger partial charge on any atom is -0.309 e. The van der Waals surface area contributed by atoms with Crippen molar-refractivity contribution in [2.24, 2.45) is 0 Å². The Morgan fingerprint density at radius 3 is 1.91 bits per heavy atom. The minimum absolute atomic E-state index is 1.15. The monoisotopic (exact) mass is 583 g/mol. The van der Waals surface area contributed by atoms with E-state index in [1.54, 1.807) is 0 Å². The Kier molecular flexibility index (Phi) is 5.62. The zero-order valence-electron chi connectivity index (χ0n) is 23.2. The van der Waals surface area contributed by atoms with Crippen LogP contribution in [0, 0.1) is 0 Å². The molecule has 0 bridgehead atoms. The van der Waals surface area contributed by atoms with Gasteiger partial charge >= 0.3 is 0 Å². The molecule has 0 aliphatic carbocycles. The molecule has 0 atom stereocenters. The third-order valence-electron chi connectivity index (χ3n) is 8.46. The van der Waals surface area contributed by atoms with E-state index < -0.39 is 0 Å². The Labute approximate surface area is 257 Å². The van der Waals surface area contributed by atoms with Crippen LogP contribution in [0.4, 0.5) is 17.1 Å². The van der Waals surface area contributed by atoms with Gasteiger partial charge in [-0.1, -0.05) is 97.1 Å². The van der Waals surface area contributed by atoms with E-state index in [2.05, 4.69) is 157 Å². The van der Waals surface area contributed by atoms with Gasteiger partial charge in [-0.05, 0) is 76.5 Å². The first-order valence-corrected chi connectivity index (χ1v) is 16.1. The molecule has 2 heterocycles. The second-order valence-corrected chi connectivity index (χ2v) is 13.1. The summed E-state index contributed by atoms with van der Waals surface area (Å²) in [4.78, 5) is 2.39. The Bertz CT molecular complexity index is 2450. The van der Waals surface area contributed by atoms with Gasteiger partial charge in [-0.15, -0.1) is 22.7 Å². The van der Waals surface area contributed by atoms with Crippen molar-refractivity contribution in [3.05, 3.63) is 152 Å². The van der Waals surface area contributed by atoms with Gasteiger partial charge in [0.1, 0.15) is 0 Å². The van der Waals surface area contributed by atoms with Crippen molar-refractivity contribution in [3.8, 4) is 11.1 Å². The fourth-order valence-electron chi connectivity index (χ4n) is 6.45. The summed E-state index contributed by atoms with van der Waals surface area (Å²) in [7, 11) is 0. The molecule has 0 saturated carbocycles. The highest BCUT2D eigenvalue weighted by molar-refractivity contribution is 7.26. The number of benzene rings is 7. The third-order valence-corrected chi connectivity index (χ3v) is 10.8. The molecule has 2 aromatic heterocycles. The summed E-state index contributed by atoms with van der Waals surface area (Å²) in [5.74, 6) is 0. The fourth-order valence-corrected chi connectivity index (χ4v) is 8.78. The molecule has 0 aliphatic heterocycles. The average Bonchev–Trinajstić information content (AvgIpc) is 3.65. The van der Waals surface area contributed by atoms with E-state index in [9.17, 15) is 0 Å². The molecule has 0 radical (unpaired) electrons. The molecule has 0 aliphatic rings. The van der Waals surface area contributed by atoms with Crippen LogP contribution >= 0.6 is 22.7 Å². The van der Waals surface area contributed by atoms with E-state index in [-0.39, 0.29) is 0 Å². The van der Waals surface area contributed by atoms with Crippen molar-refractivity contribution in [3.63, 3.8) is 0 Å². The number of nitrogens with zero attached hydrogens (tertiary/aromatic N) is 1. The average molecular weight is 584 g/mol. The lowest BCUT2D eigenvalue weighted by molar-refractivity contribution is 1.30. The summed E-state index contributed by atoms with van der Waals surface area (Å²) in [5, 5.41) is 7.94. The molecule has 9 rings (SSSR count). The van der Waals surface area contributed by atoms with Gasteiger partial charge in [-0.3, -0.25) is 0 Å². The van der Waals surface area contributed by atoms with Crippen LogP contribution in [-0.4, -0.2) is 0 Å². The zero-order chi connectivity index (χ0) is 28.3. The normalized spacial score (nSPS) is 11.7. The zero-order valence-corrected chi connectivity index (χ0v) is 24.8. The summed E-state index contributed by atoms with van der Waals surface area (Å²) in [6.45, 7) is 0. The Morgan fingerprint density at radius 2 is 1.07 bits per heavy atom. The molecule has 3 heteroatoms. The van der Waals surface area contributed by atoms with Gasteiger partial charge in [0.05, 0.1) is 10.4 Å². The lowest BCUT2D eigenvalue weighted by Crippen LogP contribution is -2.09. The van der Waals surface area contributed by atoms with E-state index >= 15 is 0 Å². The maximum atomic E-state index is 2.39. The summed E-state index contributed by atoms with van der Waals surface area (Å²) >= 11 is 3.74. The topological polar surface area (TPSA) is 3.24 Å². The van der Waals surface area contributed by atoms with Gasteiger partial charge in [0.2, 0.25) is 0 Å². The highest BCUT2D eigenvalue weighted by Crippen LogP contribution is 2.45. The van der Waals surface area contributed by atoms with Gasteiger partial charge < -0.3 is 4.90 Å². The second-order valence-electron chi connectivity index (χ2n) is 10.9. The number of thiophene rings is 2. The van der Waals surface area contributed by atoms with E-state index in [0.29, 0.717) is 0 Å². The van der Waals surface area contributed by atoms with Crippen molar-refractivity contribution in [2.75, 3.05) is 4.90 Å². The first-order valence-electron chi connectivity index (χ1n) is 14.5. The number of hydrogen-bond donors (Lipinski definition) is 0. The molecule has 1 nitrogen and oxygen atoms in total. The van der Waals surface area contributed by atoms with Crippen molar-refractivity contribution < 1.29 is 0 Å². The third kappa shape index (κ3) is 3.97. The van der Waals surface area contributed by atoms with Crippen LogP contribution in [-0.2, 0) is 0 Å². The van der Waals surface area contributed by atoms with E-state index in [4.69, 9.17) is 0 Å². The summed E-state index contributed by atoms with van der Waals surface area (Å²) in [5.41, 5.74) is 5.95. The van der Waals surface area contributed by atoms with Gasteiger partial charge in [-0.2, -0.15) is 0 Å². The smallest absolute Gasteiger partial charge is 0.0640 e. The molecule has 0 unspecified atom stereocenters. The standard InChI is InChI=1S/C40H25NS2/c1-2-9-29(10-3-1)41(35-14-8-13-33-32-11-4-6-15-36(32)43-40(33)35)30-21-17-26(18-22-30)27-19-23-31-28(25-27)20-24-38-39(31)34-12-5-7-16-37(34)42-38/h1-25H. The highest BCUT2D eigenvalue weighted by Gasteiger charge is 2.18. The van der Waals surface area contributed by atoms with E-state index in [1.807, 2.05) is 22.7 Å². The number of fused-ring (bicyclic) bond motifs is 8. The minimum atomic E-state index is 1.15.